The van der Waals surface area contributed by atoms with Crippen LogP contribution in [0, 0.1) is 0 Å². The molecule has 0 aliphatic rings. The quantitative estimate of drug-likeness (QED) is 0.221. The molecular weight excluding hydrogens is 446 g/mol. The molecule has 0 radical (unpaired) electrons. The first-order valence-electron chi connectivity index (χ1n) is 11.2. The summed E-state index contributed by atoms with van der Waals surface area (Å²) in [7, 11) is 0. The largest absolute Gasteiger partial charge is 0.489 e. The third kappa shape index (κ3) is 9.25. The Hall–Kier alpha value is -4.26. The number of alkyl carbamates (subject to hydrolysis) is 1. The SMILES string of the molecule is C=C(C)C(=O)OCCNC(=O)OCc1cc(OCc2ccccc2)cc(OCc2ccccc2)c1. The molecule has 0 aromatic heterocycles. The van der Waals surface area contributed by atoms with Crippen LogP contribution in [0.15, 0.2) is 91.0 Å². The molecule has 3 aromatic rings. The third-order valence-electron chi connectivity index (χ3n) is 4.76. The highest BCUT2D eigenvalue weighted by Gasteiger charge is 2.09. The Balaban J connectivity index is 1.58. The fourth-order valence-corrected chi connectivity index (χ4v) is 2.98. The molecule has 0 saturated heterocycles. The van der Waals surface area contributed by atoms with Gasteiger partial charge in [-0.15, -0.1) is 0 Å². The van der Waals surface area contributed by atoms with Crippen LogP contribution in [-0.4, -0.2) is 25.2 Å². The maximum absolute atomic E-state index is 12.0. The van der Waals surface area contributed by atoms with Crippen molar-refractivity contribution in [3.05, 3.63) is 108 Å². The minimum atomic E-state index is -0.626. The zero-order valence-corrected chi connectivity index (χ0v) is 19.7. The monoisotopic (exact) mass is 475 g/mol. The van der Waals surface area contributed by atoms with Crippen LogP contribution in [0.4, 0.5) is 4.79 Å². The van der Waals surface area contributed by atoms with E-state index in [2.05, 4.69) is 11.9 Å². The van der Waals surface area contributed by atoms with Crippen LogP contribution in [0.3, 0.4) is 0 Å². The highest BCUT2D eigenvalue weighted by atomic mass is 16.6. The summed E-state index contributed by atoms with van der Waals surface area (Å²) in [4.78, 5) is 23.4. The standard InChI is InChI=1S/C28H29NO6/c1-21(2)27(30)32-14-13-29-28(31)35-20-24-15-25(33-18-22-9-5-3-6-10-22)17-26(16-24)34-19-23-11-7-4-8-12-23/h3-12,15-17H,1,13-14,18-20H2,2H3,(H,29,31). The topological polar surface area (TPSA) is 83.1 Å². The Morgan fingerprint density at radius 3 is 1.80 bits per heavy atom. The fraction of sp³-hybridized carbons (Fsp3) is 0.214. The molecule has 0 aliphatic heterocycles. The Labute approximate surface area is 205 Å². The second-order valence-corrected chi connectivity index (χ2v) is 7.78. The lowest BCUT2D eigenvalue weighted by Gasteiger charge is -2.13. The van der Waals surface area contributed by atoms with Crippen molar-refractivity contribution in [3.63, 3.8) is 0 Å². The Kier molecular flexibility index (Phi) is 9.75. The van der Waals surface area contributed by atoms with Gasteiger partial charge in [-0.3, -0.25) is 0 Å². The van der Waals surface area contributed by atoms with Gasteiger partial charge in [0.25, 0.3) is 0 Å². The summed E-state index contributed by atoms with van der Waals surface area (Å²) < 4.78 is 22.2. The zero-order chi connectivity index (χ0) is 24.9. The zero-order valence-electron chi connectivity index (χ0n) is 19.7. The Morgan fingerprint density at radius 1 is 0.743 bits per heavy atom. The maximum Gasteiger partial charge on any atom is 0.407 e. The van der Waals surface area contributed by atoms with Crippen molar-refractivity contribution in [1.82, 2.24) is 5.32 Å². The van der Waals surface area contributed by atoms with Gasteiger partial charge < -0.3 is 24.3 Å². The molecule has 0 unspecified atom stereocenters. The number of esters is 1. The van der Waals surface area contributed by atoms with Gasteiger partial charge in [-0.25, -0.2) is 9.59 Å². The van der Waals surface area contributed by atoms with Gasteiger partial charge in [0.1, 0.15) is 37.9 Å². The van der Waals surface area contributed by atoms with E-state index in [0.29, 0.717) is 35.8 Å². The van der Waals surface area contributed by atoms with E-state index in [-0.39, 0.29) is 19.8 Å². The van der Waals surface area contributed by atoms with E-state index in [9.17, 15) is 9.59 Å². The van der Waals surface area contributed by atoms with Gasteiger partial charge in [0.2, 0.25) is 0 Å². The second-order valence-electron chi connectivity index (χ2n) is 7.78. The molecule has 0 fully saturated rings. The second kappa shape index (κ2) is 13.4. The van der Waals surface area contributed by atoms with Gasteiger partial charge >= 0.3 is 12.1 Å². The summed E-state index contributed by atoms with van der Waals surface area (Å²) in [6.07, 6.45) is -0.626. The van der Waals surface area contributed by atoms with Gasteiger partial charge in [0.15, 0.2) is 0 Å². The van der Waals surface area contributed by atoms with E-state index in [1.807, 2.05) is 66.7 Å². The molecule has 0 aliphatic carbocycles. The fourth-order valence-electron chi connectivity index (χ4n) is 2.98. The molecule has 35 heavy (non-hydrogen) atoms. The first-order valence-corrected chi connectivity index (χ1v) is 11.2. The van der Waals surface area contributed by atoms with Crippen LogP contribution in [0.5, 0.6) is 11.5 Å². The minimum absolute atomic E-state index is 0.0155. The molecule has 0 bridgehead atoms. The summed E-state index contributed by atoms with van der Waals surface area (Å²) in [5.74, 6) is 0.700. The minimum Gasteiger partial charge on any atom is -0.489 e. The number of hydrogen-bond acceptors (Lipinski definition) is 6. The molecule has 0 saturated carbocycles. The van der Waals surface area contributed by atoms with E-state index in [1.54, 1.807) is 19.1 Å². The van der Waals surface area contributed by atoms with Crippen molar-refractivity contribution in [2.45, 2.75) is 26.7 Å². The third-order valence-corrected chi connectivity index (χ3v) is 4.76. The summed E-state index contributed by atoms with van der Waals surface area (Å²) in [6, 6.07) is 25.1. The van der Waals surface area contributed by atoms with Gasteiger partial charge in [0.05, 0.1) is 6.54 Å². The maximum atomic E-state index is 12.0. The van der Waals surface area contributed by atoms with Gasteiger partial charge in [-0.1, -0.05) is 67.2 Å². The van der Waals surface area contributed by atoms with Crippen molar-refractivity contribution >= 4 is 12.1 Å². The van der Waals surface area contributed by atoms with E-state index in [1.165, 1.54) is 0 Å². The summed E-state index contributed by atoms with van der Waals surface area (Å²) in [5, 5.41) is 2.54. The van der Waals surface area contributed by atoms with Crippen molar-refractivity contribution in [2.24, 2.45) is 0 Å². The van der Waals surface area contributed by atoms with Crippen LogP contribution in [0.1, 0.15) is 23.6 Å². The van der Waals surface area contributed by atoms with Crippen LogP contribution >= 0.6 is 0 Å². The number of nitrogens with one attached hydrogen (secondary N) is 1. The molecule has 0 heterocycles. The summed E-state index contributed by atoms with van der Waals surface area (Å²) in [6.45, 7) is 6.02. The van der Waals surface area contributed by atoms with Gasteiger partial charge in [-0.2, -0.15) is 0 Å². The Bertz CT molecular complexity index is 1050. The van der Waals surface area contributed by atoms with Crippen molar-refractivity contribution in [2.75, 3.05) is 13.2 Å². The highest BCUT2D eigenvalue weighted by Crippen LogP contribution is 2.25. The number of ether oxygens (including phenoxy) is 4. The lowest BCUT2D eigenvalue weighted by Crippen LogP contribution is -2.28. The lowest BCUT2D eigenvalue weighted by atomic mass is 10.2. The van der Waals surface area contributed by atoms with Crippen LogP contribution in [0.2, 0.25) is 0 Å². The van der Waals surface area contributed by atoms with Gasteiger partial charge in [-0.05, 0) is 35.7 Å². The van der Waals surface area contributed by atoms with Crippen molar-refractivity contribution in [1.29, 1.82) is 0 Å². The average Bonchev–Trinajstić information content (AvgIpc) is 2.88. The molecule has 0 spiro atoms. The predicted octanol–water partition coefficient (Wildman–Crippen LogP) is 5.19. The first kappa shape index (κ1) is 25.4. The molecular formula is C28H29NO6. The molecule has 1 amide bonds. The normalized spacial score (nSPS) is 10.2. The molecule has 7 heteroatoms. The number of carbonyl (C=O) groups excluding carboxylic acids is 2. The molecule has 3 aromatic carbocycles. The van der Waals surface area contributed by atoms with Crippen LogP contribution in [0.25, 0.3) is 0 Å². The van der Waals surface area contributed by atoms with Crippen molar-refractivity contribution in [3.8, 4) is 11.5 Å². The van der Waals surface area contributed by atoms with E-state index in [0.717, 1.165) is 11.1 Å². The molecule has 7 nitrogen and oxygen atoms in total. The van der Waals surface area contributed by atoms with Gasteiger partial charge in [0, 0.05) is 11.6 Å². The predicted molar refractivity (Wildman–Crippen MR) is 132 cm³/mol. The number of rotatable bonds is 12. The molecule has 1 N–H and O–H groups in total. The van der Waals surface area contributed by atoms with E-state index in [4.69, 9.17) is 18.9 Å². The number of hydrogen-bond donors (Lipinski definition) is 1. The van der Waals surface area contributed by atoms with E-state index >= 15 is 0 Å². The highest BCUT2D eigenvalue weighted by molar-refractivity contribution is 5.86. The molecule has 0 atom stereocenters. The van der Waals surface area contributed by atoms with Crippen LogP contribution in [-0.2, 0) is 34.1 Å². The lowest BCUT2D eigenvalue weighted by molar-refractivity contribution is -0.138. The number of benzene rings is 3. The first-order chi connectivity index (χ1) is 17.0. The smallest absolute Gasteiger partial charge is 0.407 e. The van der Waals surface area contributed by atoms with Crippen LogP contribution < -0.4 is 14.8 Å². The number of amides is 1. The van der Waals surface area contributed by atoms with Crippen molar-refractivity contribution < 1.29 is 28.5 Å². The van der Waals surface area contributed by atoms with E-state index < -0.39 is 12.1 Å². The number of carbonyl (C=O) groups is 2. The molecule has 182 valence electrons. The summed E-state index contributed by atoms with van der Waals surface area (Å²) in [5.41, 5.74) is 3.08. The summed E-state index contributed by atoms with van der Waals surface area (Å²) >= 11 is 0. The Morgan fingerprint density at radius 2 is 1.29 bits per heavy atom. The molecule has 3 rings (SSSR count). The average molecular weight is 476 g/mol.